The predicted octanol–water partition coefficient (Wildman–Crippen LogP) is 0.854. The van der Waals surface area contributed by atoms with Crippen molar-refractivity contribution >= 4 is 5.82 Å². The fraction of sp³-hybridized carbons (Fsp3) is 0.667. The zero-order valence-electron chi connectivity index (χ0n) is 10.3. The molecule has 0 aliphatic heterocycles. The monoisotopic (exact) mass is 236 g/mol. The Morgan fingerprint density at radius 2 is 2.18 bits per heavy atom. The lowest BCUT2D eigenvalue weighted by atomic mass is 9.82. The summed E-state index contributed by atoms with van der Waals surface area (Å²) in [6.45, 7) is 0.624. The van der Waals surface area contributed by atoms with Crippen molar-refractivity contribution < 1.29 is 0 Å². The average molecular weight is 236 g/mol. The molecule has 5 heteroatoms. The lowest BCUT2D eigenvalue weighted by Crippen LogP contribution is -2.48. The third-order valence-electron chi connectivity index (χ3n) is 3.47. The number of hydrogen-bond acceptors (Lipinski definition) is 4. The standard InChI is InChI=1S/C12H20N4O/c1-16-8-7-14-10(11(16)17)15-9-12(13)5-3-2-4-6-12/h7-8H,2-6,9,13H2,1H3,(H,14,15). The first-order chi connectivity index (χ1) is 8.11. The van der Waals surface area contributed by atoms with Gasteiger partial charge in [0.05, 0.1) is 0 Å². The van der Waals surface area contributed by atoms with E-state index in [4.69, 9.17) is 5.73 Å². The summed E-state index contributed by atoms with van der Waals surface area (Å²) in [5, 5.41) is 3.09. The molecule has 1 fully saturated rings. The Morgan fingerprint density at radius 3 is 2.88 bits per heavy atom. The van der Waals surface area contributed by atoms with Crippen molar-refractivity contribution in [2.75, 3.05) is 11.9 Å². The average Bonchev–Trinajstić information content (AvgIpc) is 2.32. The highest BCUT2D eigenvalue weighted by Gasteiger charge is 2.27. The lowest BCUT2D eigenvalue weighted by molar-refractivity contribution is 0.311. The Labute approximate surface area is 101 Å². The minimum absolute atomic E-state index is 0.105. The molecular weight excluding hydrogens is 216 g/mol. The van der Waals surface area contributed by atoms with Gasteiger partial charge in [-0.2, -0.15) is 0 Å². The van der Waals surface area contributed by atoms with Crippen LogP contribution >= 0.6 is 0 Å². The van der Waals surface area contributed by atoms with Crippen LogP contribution in [0.3, 0.4) is 0 Å². The summed E-state index contributed by atoms with van der Waals surface area (Å²) in [5.74, 6) is 0.394. The Balaban J connectivity index is 2.02. The molecule has 1 aliphatic carbocycles. The van der Waals surface area contributed by atoms with Gasteiger partial charge in [-0.25, -0.2) is 4.98 Å². The number of nitrogens with zero attached hydrogens (tertiary/aromatic N) is 2. The molecule has 17 heavy (non-hydrogen) atoms. The van der Waals surface area contributed by atoms with Gasteiger partial charge in [-0.1, -0.05) is 19.3 Å². The first kappa shape index (κ1) is 12.1. The van der Waals surface area contributed by atoms with Crippen LogP contribution in [0.1, 0.15) is 32.1 Å². The Kier molecular flexibility index (Phi) is 3.47. The van der Waals surface area contributed by atoms with E-state index in [1.165, 1.54) is 23.8 Å². The summed E-state index contributed by atoms with van der Waals surface area (Å²) >= 11 is 0. The van der Waals surface area contributed by atoms with Gasteiger partial charge < -0.3 is 15.6 Å². The molecule has 1 saturated carbocycles. The van der Waals surface area contributed by atoms with Crippen molar-refractivity contribution in [1.29, 1.82) is 0 Å². The van der Waals surface area contributed by atoms with Crippen molar-refractivity contribution in [3.63, 3.8) is 0 Å². The van der Waals surface area contributed by atoms with Gasteiger partial charge in [0.2, 0.25) is 0 Å². The summed E-state index contributed by atoms with van der Waals surface area (Å²) < 4.78 is 1.51. The van der Waals surface area contributed by atoms with Crippen LogP contribution in [0.2, 0.25) is 0 Å². The number of anilines is 1. The molecule has 0 spiro atoms. The number of rotatable bonds is 3. The SMILES string of the molecule is Cn1ccnc(NCC2(N)CCCCC2)c1=O. The van der Waals surface area contributed by atoms with Crippen LogP contribution in [-0.2, 0) is 7.05 Å². The Morgan fingerprint density at radius 1 is 1.47 bits per heavy atom. The van der Waals surface area contributed by atoms with E-state index in [0.29, 0.717) is 12.4 Å². The maximum atomic E-state index is 11.7. The van der Waals surface area contributed by atoms with Gasteiger partial charge in [-0.15, -0.1) is 0 Å². The van der Waals surface area contributed by atoms with Crippen LogP contribution in [0, 0.1) is 0 Å². The number of hydrogen-bond donors (Lipinski definition) is 2. The summed E-state index contributed by atoms with van der Waals surface area (Å²) in [5.41, 5.74) is 6.01. The summed E-state index contributed by atoms with van der Waals surface area (Å²) in [6.07, 6.45) is 8.93. The molecule has 1 aromatic heterocycles. The fourth-order valence-corrected chi connectivity index (χ4v) is 2.31. The van der Waals surface area contributed by atoms with E-state index >= 15 is 0 Å². The second kappa shape index (κ2) is 4.87. The fourth-order valence-electron chi connectivity index (χ4n) is 2.31. The number of aromatic nitrogens is 2. The van der Waals surface area contributed by atoms with E-state index in [9.17, 15) is 4.79 Å². The molecule has 2 rings (SSSR count). The molecule has 1 heterocycles. The Hall–Kier alpha value is -1.36. The molecule has 5 nitrogen and oxygen atoms in total. The molecular formula is C12H20N4O. The van der Waals surface area contributed by atoms with Crippen molar-refractivity contribution in [1.82, 2.24) is 9.55 Å². The largest absolute Gasteiger partial charge is 0.364 e. The third kappa shape index (κ3) is 2.85. The molecule has 0 bridgehead atoms. The van der Waals surface area contributed by atoms with Gasteiger partial charge in [-0.05, 0) is 12.8 Å². The van der Waals surface area contributed by atoms with Gasteiger partial charge in [0.1, 0.15) is 0 Å². The highest BCUT2D eigenvalue weighted by molar-refractivity contribution is 5.31. The van der Waals surface area contributed by atoms with E-state index in [0.717, 1.165) is 12.8 Å². The molecule has 94 valence electrons. The molecule has 0 atom stereocenters. The summed E-state index contributed by atoms with van der Waals surface area (Å²) in [4.78, 5) is 15.8. The van der Waals surface area contributed by atoms with E-state index in [2.05, 4.69) is 10.3 Å². The van der Waals surface area contributed by atoms with Crippen LogP contribution in [0.25, 0.3) is 0 Å². The molecule has 1 aliphatic rings. The number of nitrogens with one attached hydrogen (secondary N) is 1. The molecule has 1 aromatic rings. The summed E-state index contributed by atoms with van der Waals surface area (Å²) in [7, 11) is 1.72. The second-order valence-corrected chi connectivity index (χ2v) is 4.97. The van der Waals surface area contributed by atoms with Gasteiger partial charge in [0, 0.05) is 31.5 Å². The molecule has 0 aromatic carbocycles. The maximum Gasteiger partial charge on any atom is 0.293 e. The normalized spacial score (nSPS) is 18.9. The minimum Gasteiger partial charge on any atom is -0.364 e. The molecule has 0 radical (unpaired) electrons. The topological polar surface area (TPSA) is 72.9 Å². The van der Waals surface area contributed by atoms with Crippen molar-refractivity contribution in [3.05, 3.63) is 22.7 Å². The van der Waals surface area contributed by atoms with E-state index in [1.54, 1.807) is 19.4 Å². The number of aryl methyl sites for hydroxylation is 1. The van der Waals surface area contributed by atoms with E-state index in [1.807, 2.05) is 0 Å². The smallest absolute Gasteiger partial charge is 0.293 e. The quantitative estimate of drug-likeness (QED) is 0.816. The van der Waals surface area contributed by atoms with Gasteiger partial charge in [0.25, 0.3) is 5.56 Å². The van der Waals surface area contributed by atoms with E-state index < -0.39 is 0 Å². The first-order valence-electron chi connectivity index (χ1n) is 6.15. The van der Waals surface area contributed by atoms with Crippen molar-refractivity contribution in [2.24, 2.45) is 12.8 Å². The second-order valence-electron chi connectivity index (χ2n) is 4.97. The highest BCUT2D eigenvalue weighted by atomic mass is 16.1. The van der Waals surface area contributed by atoms with Crippen LogP contribution in [0.4, 0.5) is 5.82 Å². The minimum atomic E-state index is -0.180. The molecule has 0 unspecified atom stereocenters. The van der Waals surface area contributed by atoms with Gasteiger partial charge in [0.15, 0.2) is 5.82 Å². The van der Waals surface area contributed by atoms with Gasteiger partial charge in [-0.3, -0.25) is 4.79 Å². The van der Waals surface area contributed by atoms with Crippen LogP contribution < -0.4 is 16.6 Å². The lowest BCUT2D eigenvalue weighted by Gasteiger charge is -2.33. The Bertz CT molecular complexity index is 434. The van der Waals surface area contributed by atoms with Crippen molar-refractivity contribution in [2.45, 2.75) is 37.6 Å². The zero-order chi connectivity index (χ0) is 12.3. The third-order valence-corrected chi connectivity index (χ3v) is 3.47. The van der Waals surface area contributed by atoms with Crippen molar-refractivity contribution in [3.8, 4) is 0 Å². The van der Waals surface area contributed by atoms with Crippen LogP contribution in [0.5, 0.6) is 0 Å². The molecule has 3 N–H and O–H groups in total. The van der Waals surface area contributed by atoms with Crippen LogP contribution in [0.15, 0.2) is 17.2 Å². The zero-order valence-corrected chi connectivity index (χ0v) is 10.3. The van der Waals surface area contributed by atoms with Gasteiger partial charge >= 0.3 is 0 Å². The van der Waals surface area contributed by atoms with Crippen LogP contribution in [-0.4, -0.2) is 21.6 Å². The molecule has 0 amide bonds. The summed E-state index contributed by atoms with van der Waals surface area (Å²) in [6, 6.07) is 0. The molecule has 0 saturated heterocycles. The first-order valence-corrected chi connectivity index (χ1v) is 6.15. The van der Waals surface area contributed by atoms with E-state index in [-0.39, 0.29) is 11.1 Å². The highest BCUT2D eigenvalue weighted by Crippen LogP contribution is 2.25. The maximum absolute atomic E-state index is 11.7. The predicted molar refractivity (Wildman–Crippen MR) is 68.0 cm³/mol. The number of nitrogens with two attached hydrogens (primary N) is 1.